The minimum absolute atomic E-state index is 0.235. The van der Waals surface area contributed by atoms with E-state index in [2.05, 4.69) is 30.0 Å². The van der Waals surface area contributed by atoms with Crippen molar-refractivity contribution in [2.75, 3.05) is 18.0 Å². The molecule has 98 valence electrons. The zero-order chi connectivity index (χ0) is 13.4. The first-order valence-corrected chi connectivity index (χ1v) is 7.40. The van der Waals surface area contributed by atoms with Crippen molar-refractivity contribution in [2.24, 2.45) is 0 Å². The molecule has 0 spiro atoms. The number of para-hydroxylation sites is 1. The van der Waals surface area contributed by atoms with Gasteiger partial charge in [0.1, 0.15) is 0 Å². The lowest BCUT2D eigenvalue weighted by molar-refractivity contribution is 0.0999. The average molecular weight is 271 g/mol. The van der Waals surface area contributed by atoms with Crippen LogP contribution in [0, 0.1) is 13.8 Å². The Morgan fingerprint density at radius 2 is 2.11 bits per heavy atom. The van der Waals surface area contributed by atoms with E-state index in [0.29, 0.717) is 6.54 Å². The third kappa shape index (κ3) is 2.30. The van der Waals surface area contributed by atoms with E-state index >= 15 is 0 Å². The van der Waals surface area contributed by atoms with Crippen molar-refractivity contribution in [3.05, 3.63) is 51.2 Å². The third-order valence-electron chi connectivity index (χ3n) is 3.66. The molecule has 0 radical (unpaired) electrons. The largest absolute Gasteiger partial charge is 0.363 e. The van der Waals surface area contributed by atoms with Gasteiger partial charge in [-0.05, 0) is 38.0 Å². The summed E-state index contributed by atoms with van der Waals surface area (Å²) >= 11 is 1.70. The summed E-state index contributed by atoms with van der Waals surface area (Å²) in [6.07, 6.45) is 1.05. The number of benzene rings is 1. The van der Waals surface area contributed by atoms with E-state index in [1.807, 2.05) is 19.1 Å². The van der Waals surface area contributed by atoms with Crippen LogP contribution in [0.3, 0.4) is 0 Å². The second kappa shape index (κ2) is 4.82. The molecule has 0 unspecified atom stereocenters. The van der Waals surface area contributed by atoms with Crippen molar-refractivity contribution in [2.45, 2.75) is 20.3 Å². The van der Waals surface area contributed by atoms with Gasteiger partial charge in [0.2, 0.25) is 0 Å². The fourth-order valence-electron chi connectivity index (χ4n) is 2.74. The second-order valence-corrected chi connectivity index (χ2v) is 6.51. The summed E-state index contributed by atoms with van der Waals surface area (Å²) in [5, 5.41) is 0. The van der Waals surface area contributed by atoms with Crippen LogP contribution < -0.4 is 4.90 Å². The molecule has 0 N–H and O–H groups in total. The van der Waals surface area contributed by atoms with Crippen molar-refractivity contribution in [3.63, 3.8) is 0 Å². The number of anilines is 1. The molecule has 0 fully saturated rings. The van der Waals surface area contributed by atoms with Crippen LogP contribution in [0.15, 0.2) is 30.3 Å². The van der Waals surface area contributed by atoms with Crippen LogP contribution >= 0.6 is 11.3 Å². The number of rotatable bonds is 3. The zero-order valence-corrected chi connectivity index (χ0v) is 12.1. The van der Waals surface area contributed by atoms with Gasteiger partial charge in [-0.3, -0.25) is 4.79 Å². The molecular weight excluding hydrogens is 254 g/mol. The van der Waals surface area contributed by atoms with E-state index in [-0.39, 0.29) is 5.78 Å². The summed E-state index contributed by atoms with van der Waals surface area (Å²) in [7, 11) is 0. The molecular formula is C16H17NOS. The van der Waals surface area contributed by atoms with Gasteiger partial charge in [0.25, 0.3) is 0 Å². The Bertz CT molecular complexity index is 629. The highest BCUT2D eigenvalue weighted by Gasteiger charge is 2.22. The topological polar surface area (TPSA) is 20.3 Å². The Balaban J connectivity index is 1.80. The summed E-state index contributed by atoms with van der Waals surface area (Å²) in [5.41, 5.74) is 3.47. The SMILES string of the molecule is Cc1cc(C(=O)CN2CCc3ccccc32)c(C)s1. The summed E-state index contributed by atoms with van der Waals surface area (Å²) in [6.45, 7) is 5.53. The van der Waals surface area contributed by atoms with Gasteiger partial charge in [0, 0.05) is 27.5 Å². The molecule has 0 amide bonds. The molecule has 1 aromatic carbocycles. The van der Waals surface area contributed by atoms with Crippen LogP contribution in [-0.2, 0) is 6.42 Å². The van der Waals surface area contributed by atoms with Gasteiger partial charge in [-0.2, -0.15) is 0 Å². The van der Waals surface area contributed by atoms with Gasteiger partial charge in [0.15, 0.2) is 5.78 Å². The fourth-order valence-corrected chi connectivity index (χ4v) is 3.68. The molecule has 0 aliphatic carbocycles. The van der Waals surface area contributed by atoms with E-state index in [4.69, 9.17) is 0 Å². The van der Waals surface area contributed by atoms with Crippen molar-refractivity contribution in [1.82, 2.24) is 0 Å². The number of Topliss-reactive ketones (excluding diaryl/α,β-unsaturated/α-hetero) is 1. The molecule has 3 rings (SSSR count). The first-order chi connectivity index (χ1) is 9.15. The smallest absolute Gasteiger partial charge is 0.183 e. The minimum Gasteiger partial charge on any atom is -0.363 e. The molecule has 0 saturated heterocycles. The van der Waals surface area contributed by atoms with Gasteiger partial charge >= 0.3 is 0 Å². The predicted octanol–water partition coefficient (Wildman–Crippen LogP) is 3.61. The van der Waals surface area contributed by atoms with Gasteiger partial charge in [-0.1, -0.05) is 18.2 Å². The molecule has 2 heterocycles. The maximum absolute atomic E-state index is 12.4. The van der Waals surface area contributed by atoms with Crippen molar-refractivity contribution < 1.29 is 4.79 Å². The molecule has 19 heavy (non-hydrogen) atoms. The monoisotopic (exact) mass is 271 g/mol. The Labute approximate surface area is 117 Å². The zero-order valence-electron chi connectivity index (χ0n) is 11.3. The lowest BCUT2D eigenvalue weighted by Gasteiger charge is -2.18. The van der Waals surface area contributed by atoms with Gasteiger partial charge in [-0.25, -0.2) is 0 Å². The number of aryl methyl sites for hydroxylation is 2. The van der Waals surface area contributed by atoms with Crippen LogP contribution in [0.25, 0.3) is 0 Å². The average Bonchev–Trinajstić information content (AvgIpc) is 2.94. The number of nitrogens with zero attached hydrogens (tertiary/aromatic N) is 1. The highest BCUT2D eigenvalue weighted by atomic mass is 32.1. The summed E-state index contributed by atoms with van der Waals surface area (Å²) < 4.78 is 0. The van der Waals surface area contributed by atoms with E-state index < -0.39 is 0 Å². The van der Waals surface area contributed by atoms with E-state index in [9.17, 15) is 4.79 Å². The predicted molar refractivity (Wildman–Crippen MR) is 80.5 cm³/mol. The second-order valence-electron chi connectivity index (χ2n) is 5.05. The number of carbonyl (C=O) groups excluding carboxylic acids is 1. The van der Waals surface area contributed by atoms with Crippen LogP contribution in [0.5, 0.6) is 0 Å². The molecule has 0 saturated carbocycles. The van der Waals surface area contributed by atoms with Crippen molar-refractivity contribution >= 4 is 22.8 Å². The van der Waals surface area contributed by atoms with Gasteiger partial charge in [0.05, 0.1) is 6.54 Å². The number of hydrogen-bond donors (Lipinski definition) is 0. The maximum Gasteiger partial charge on any atom is 0.183 e. The number of ketones is 1. The third-order valence-corrected chi connectivity index (χ3v) is 4.63. The molecule has 2 aromatic rings. The molecule has 1 aromatic heterocycles. The lowest BCUT2D eigenvalue weighted by Crippen LogP contribution is -2.28. The normalized spacial score (nSPS) is 13.7. The number of hydrogen-bond acceptors (Lipinski definition) is 3. The first-order valence-electron chi connectivity index (χ1n) is 6.58. The van der Waals surface area contributed by atoms with Gasteiger partial charge < -0.3 is 4.90 Å². The fraction of sp³-hybridized carbons (Fsp3) is 0.312. The van der Waals surface area contributed by atoms with Crippen molar-refractivity contribution in [3.8, 4) is 0 Å². The van der Waals surface area contributed by atoms with Gasteiger partial charge in [-0.15, -0.1) is 11.3 Å². The quantitative estimate of drug-likeness (QED) is 0.795. The van der Waals surface area contributed by atoms with Crippen LogP contribution in [0.4, 0.5) is 5.69 Å². The van der Waals surface area contributed by atoms with Crippen molar-refractivity contribution in [1.29, 1.82) is 0 Å². The first kappa shape index (κ1) is 12.4. The number of fused-ring (bicyclic) bond motifs is 1. The number of thiophene rings is 1. The Hall–Kier alpha value is -1.61. The van der Waals surface area contributed by atoms with E-state index in [1.54, 1.807) is 11.3 Å². The Morgan fingerprint density at radius 3 is 2.84 bits per heavy atom. The summed E-state index contributed by atoms with van der Waals surface area (Å²) in [4.78, 5) is 17.0. The molecule has 0 atom stereocenters. The van der Waals surface area contributed by atoms with E-state index in [0.717, 1.165) is 23.4 Å². The minimum atomic E-state index is 0.235. The lowest BCUT2D eigenvalue weighted by atomic mass is 10.1. The molecule has 1 aliphatic rings. The summed E-state index contributed by atoms with van der Waals surface area (Å²) in [6, 6.07) is 10.4. The van der Waals surface area contributed by atoms with E-state index in [1.165, 1.54) is 16.1 Å². The summed E-state index contributed by atoms with van der Waals surface area (Å²) in [5.74, 6) is 0.235. The maximum atomic E-state index is 12.4. The molecule has 3 heteroatoms. The number of carbonyl (C=O) groups is 1. The Morgan fingerprint density at radius 1 is 1.32 bits per heavy atom. The molecule has 1 aliphatic heterocycles. The Kier molecular flexibility index (Phi) is 3.15. The van der Waals surface area contributed by atoms with Crippen LogP contribution in [-0.4, -0.2) is 18.9 Å². The standard InChI is InChI=1S/C16H17NOS/c1-11-9-14(12(2)19-11)16(18)10-17-8-7-13-5-3-4-6-15(13)17/h3-6,9H,7-8,10H2,1-2H3. The van der Waals surface area contributed by atoms with Crippen LogP contribution in [0.1, 0.15) is 25.7 Å². The highest BCUT2D eigenvalue weighted by molar-refractivity contribution is 7.12. The molecule has 0 bridgehead atoms. The van der Waals surface area contributed by atoms with Crippen LogP contribution in [0.2, 0.25) is 0 Å². The molecule has 2 nitrogen and oxygen atoms in total. The highest BCUT2D eigenvalue weighted by Crippen LogP contribution is 2.28.